The number of hydrogen-bond donors (Lipinski definition) is 0. The maximum absolute atomic E-state index is 10.5. The molecule has 0 aliphatic carbocycles. The zero-order chi connectivity index (χ0) is 13.9. The van der Waals surface area contributed by atoms with E-state index in [1.807, 2.05) is 18.2 Å². The van der Waals surface area contributed by atoms with E-state index in [0.717, 1.165) is 11.8 Å². The molecule has 5 nitrogen and oxygen atoms in total. The molecule has 0 N–H and O–H groups in total. The van der Waals surface area contributed by atoms with E-state index in [1.165, 1.54) is 0 Å². The molecule has 106 valence electrons. The molecular weight excluding hydrogens is 248 g/mol. The number of aryl methyl sites for hydroxylation is 1. The first-order chi connectivity index (χ1) is 9.33. The average Bonchev–Trinajstić information content (AvgIpc) is 2.45. The SMILES string of the molecule is COCCOCOc1c(CCC=O)cccc1OC. The minimum absolute atomic E-state index is 0.123. The molecule has 0 heterocycles. The lowest BCUT2D eigenvalue weighted by Gasteiger charge is -2.14. The van der Waals surface area contributed by atoms with Crippen molar-refractivity contribution in [3.05, 3.63) is 23.8 Å². The van der Waals surface area contributed by atoms with E-state index in [9.17, 15) is 4.79 Å². The smallest absolute Gasteiger partial charge is 0.189 e. The standard InChI is InChI=1S/C14H20O5/c1-16-9-10-18-11-19-14-12(6-4-8-15)5-3-7-13(14)17-2/h3,5,7-8H,4,6,9-11H2,1-2H3. The van der Waals surface area contributed by atoms with Gasteiger partial charge in [-0.15, -0.1) is 0 Å². The van der Waals surface area contributed by atoms with Crippen LogP contribution in [0.15, 0.2) is 18.2 Å². The van der Waals surface area contributed by atoms with Crippen LogP contribution >= 0.6 is 0 Å². The Morgan fingerprint density at radius 3 is 2.74 bits per heavy atom. The van der Waals surface area contributed by atoms with Crippen molar-refractivity contribution in [2.45, 2.75) is 12.8 Å². The topological polar surface area (TPSA) is 54.0 Å². The largest absolute Gasteiger partial charge is 0.493 e. The molecule has 1 rings (SSSR count). The van der Waals surface area contributed by atoms with Crippen molar-refractivity contribution >= 4 is 6.29 Å². The van der Waals surface area contributed by atoms with E-state index in [4.69, 9.17) is 18.9 Å². The second-order valence-corrected chi connectivity index (χ2v) is 3.82. The van der Waals surface area contributed by atoms with Gasteiger partial charge in [0, 0.05) is 13.5 Å². The monoisotopic (exact) mass is 268 g/mol. The van der Waals surface area contributed by atoms with Gasteiger partial charge >= 0.3 is 0 Å². The maximum atomic E-state index is 10.5. The van der Waals surface area contributed by atoms with Crippen LogP contribution in [-0.4, -0.2) is 40.5 Å². The van der Waals surface area contributed by atoms with E-state index in [0.29, 0.717) is 37.6 Å². The van der Waals surface area contributed by atoms with Crippen molar-refractivity contribution in [1.29, 1.82) is 0 Å². The summed E-state index contributed by atoms with van der Waals surface area (Å²) < 4.78 is 21.0. The number of para-hydroxylation sites is 1. The Morgan fingerprint density at radius 1 is 1.21 bits per heavy atom. The molecule has 0 unspecified atom stereocenters. The number of carbonyl (C=O) groups is 1. The zero-order valence-electron chi connectivity index (χ0n) is 11.4. The molecule has 0 fully saturated rings. The van der Waals surface area contributed by atoms with Crippen LogP contribution in [0.1, 0.15) is 12.0 Å². The molecule has 0 radical (unpaired) electrons. The Bertz CT molecular complexity index is 378. The van der Waals surface area contributed by atoms with Crippen molar-refractivity contribution in [2.75, 3.05) is 34.2 Å². The number of carbonyl (C=O) groups excluding carboxylic acids is 1. The summed E-state index contributed by atoms with van der Waals surface area (Å²) in [6.07, 6.45) is 1.96. The van der Waals surface area contributed by atoms with Crippen LogP contribution in [0.25, 0.3) is 0 Å². The third-order valence-corrected chi connectivity index (χ3v) is 2.53. The number of methoxy groups -OCH3 is 2. The predicted molar refractivity (Wildman–Crippen MR) is 70.7 cm³/mol. The maximum Gasteiger partial charge on any atom is 0.189 e. The number of aldehydes is 1. The molecule has 0 spiro atoms. The number of rotatable bonds is 10. The van der Waals surface area contributed by atoms with Gasteiger partial charge in [-0.1, -0.05) is 12.1 Å². The molecule has 0 saturated carbocycles. The lowest BCUT2D eigenvalue weighted by atomic mass is 10.1. The average molecular weight is 268 g/mol. The highest BCUT2D eigenvalue weighted by atomic mass is 16.7. The van der Waals surface area contributed by atoms with E-state index in [-0.39, 0.29) is 6.79 Å². The zero-order valence-corrected chi connectivity index (χ0v) is 11.4. The molecule has 0 saturated heterocycles. The van der Waals surface area contributed by atoms with Crippen molar-refractivity contribution < 1.29 is 23.7 Å². The molecule has 19 heavy (non-hydrogen) atoms. The first kappa shape index (κ1) is 15.5. The van der Waals surface area contributed by atoms with E-state index < -0.39 is 0 Å². The van der Waals surface area contributed by atoms with Crippen LogP contribution in [0.4, 0.5) is 0 Å². The Labute approximate surface area is 113 Å². The van der Waals surface area contributed by atoms with E-state index in [1.54, 1.807) is 14.2 Å². The van der Waals surface area contributed by atoms with Crippen LogP contribution in [0.2, 0.25) is 0 Å². The van der Waals surface area contributed by atoms with E-state index in [2.05, 4.69) is 0 Å². The van der Waals surface area contributed by atoms with Gasteiger partial charge in [-0.3, -0.25) is 0 Å². The normalized spacial score (nSPS) is 10.2. The van der Waals surface area contributed by atoms with Crippen LogP contribution in [0.3, 0.4) is 0 Å². The molecule has 0 aliphatic rings. The Balaban J connectivity index is 2.63. The van der Waals surface area contributed by atoms with Gasteiger partial charge in [0.15, 0.2) is 18.3 Å². The third kappa shape index (κ3) is 5.28. The Hall–Kier alpha value is -1.59. The molecule has 0 aromatic heterocycles. The van der Waals surface area contributed by atoms with Crippen LogP contribution in [-0.2, 0) is 20.7 Å². The van der Waals surface area contributed by atoms with Crippen molar-refractivity contribution in [1.82, 2.24) is 0 Å². The first-order valence-electron chi connectivity index (χ1n) is 6.12. The van der Waals surface area contributed by atoms with Crippen LogP contribution < -0.4 is 9.47 Å². The van der Waals surface area contributed by atoms with Gasteiger partial charge in [-0.05, 0) is 18.1 Å². The lowest BCUT2D eigenvalue weighted by Crippen LogP contribution is -2.09. The van der Waals surface area contributed by atoms with Crippen LogP contribution in [0.5, 0.6) is 11.5 Å². The lowest BCUT2D eigenvalue weighted by molar-refractivity contribution is -0.107. The molecular formula is C14H20O5. The fraction of sp³-hybridized carbons (Fsp3) is 0.500. The third-order valence-electron chi connectivity index (χ3n) is 2.53. The fourth-order valence-electron chi connectivity index (χ4n) is 1.60. The van der Waals surface area contributed by atoms with E-state index >= 15 is 0 Å². The minimum atomic E-state index is 0.123. The van der Waals surface area contributed by atoms with Gasteiger partial charge in [0.2, 0.25) is 0 Å². The number of hydrogen-bond acceptors (Lipinski definition) is 5. The molecule has 1 aromatic carbocycles. The summed E-state index contributed by atoms with van der Waals surface area (Å²) in [5.74, 6) is 1.27. The predicted octanol–water partition coefficient (Wildman–Crippen LogP) is 1.83. The van der Waals surface area contributed by atoms with Gasteiger partial charge in [0.1, 0.15) is 6.29 Å². The molecule has 0 amide bonds. The molecule has 0 atom stereocenters. The summed E-state index contributed by atoms with van der Waals surface area (Å²) in [5.41, 5.74) is 0.932. The molecule has 0 aliphatic heterocycles. The molecule has 1 aromatic rings. The number of benzene rings is 1. The van der Waals surface area contributed by atoms with Crippen molar-refractivity contribution in [2.24, 2.45) is 0 Å². The number of ether oxygens (including phenoxy) is 4. The molecule has 5 heteroatoms. The van der Waals surface area contributed by atoms with Gasteiger partial charge in [0.05, 0.1) is 20.3 Å². The van der Waals surface area contributed by atoms with Gasteiger partial charge in [-0.25, -0.2) is 0 Å². The fourth-order valence-corrected chi connectivity index (χ4v) is 1.60. The highest BCUT2D eigenvalue weighted by Crippen LogP contribution is 2.31. The van der Waals surface area contributed by atoms with Gasteiger partial charge in [0.25, 0.3) is 0 Å². The Kier molecular flexibility index (Phi) is 7.62. The van der Waals surface area contributed by atoms with Gasteiger partial charge in [-0.2, -0.15) is 0 Å². The Morgan fingerprint density at radius 2 is 2.05 bits per heavy atom. The molecule has 0 bridgehead atoms. The van der Waals surface area contributed by atoms with Crippen molar-refractivity contribution in [3.8, 4) is 11.5 Å². The quantitative estimate of drug-likeness (QED) is 0.368. The first-order valence-corrected chi connectivity index (χ1v) is 6.12. The summed E-state index contributed by atoms with van der Waals surface area (Å²) >= 11 is 0. The highest BCUT2D eigenvalue weighted by molar-refractivity contribution is 5.52. The summed E-state index contributed by atoms with van der Waals surface area (Å²) in [5, 5.41) is 0. The second kappa shape index (κ2) is 9.35. The second-order valence-electron chi connectivity index (χ2n) is 3.82. The summed E-state index contributed by atoms with van der Waals surface area (Å²) in [4.78, 5) is 10.5. The minimum Gasteiger partial charge on any atom is -0.493 e. The summed E-state index contributed by atoms with van der Waals surface area (Å²) in [7, 11) is 3.19. The van der Waals surface area contributed by atoms with Crippen molar-refractivity contribution in [3.63, 3.8) is 0 Å². The van der Waals surface area contributed by atoms with Crippen LogP contribution in [0, 0.1) is 0 Å². The van der Waals surface area contributed by atoms with Gasteiger partial charge < -0.3 is 23.7 Å². The summed E-state index contributed by atoms with van der Waals surface area (Å²) in [6, 6.07) is 5.60. The highest BCUT2D eigenvalue weighted by Gasteiger charge is 2.10. The summed E-state index contributed by atoms with van der Waals surface area (Å²) in [6.45, 7) is 1.11.